The maximum atomic E-state index is 12.6. The van der Waals surface area contributed by atoms with Crippen LogP contribution in [-0.4, -0.2) is 20.9 Å². The molecule has 0 unspecified atom stereocenters. The number of carbonyl (C=O) groups excluding carboxylic acids is 1. The van der Waals surface area contributed by atoms with E-state index >= 15 is 0 Å². The van der Waals surface area contributed by atoms with Crippen molar-refractivity contribution in [3.05, 3.63) is 54.1 Å². The highest BCUT2D eigenvalue weighted by Gasteiger charge is 2.25. The molecule has 0 bridgehead atoms. The van der Waals surface area contributed by atoms with E-state index in [1.165, 1.54) is 24.3 Å². The first-order valence-electron chi connectivity index (χ1n) is 7.44. The predicted octanol–water partition coefficient (Wildman–Crippen LogP) is 2.49. The molecule has 0 saturated carbocycles. The zero-order valence-electron chi connectivity index (χ0n) is 12.8. The number of hydrogen-bond acceptors (Lipinski definition) is 4. The molecule has 0 radical (unpaired) electrons. The van der Waals surface area contributed by atoms with Gasteiger partial charge >= 0.3 is 0 Å². The lowest BCUT2D eigenvalue weighted by Crippen LogP contribution is -2.25. The summed E-state index contributed by atoms with van der Waals surface area (Å²) in [6.07, 6.45) is 1.22. The van der Waals surface area contributed by atoms with Gasteiger partial charge in [0.05, 0.1) is 27.9 Å². The Labute approximate surface area is 140 Å². The molecule has 24 heavy (non-hydrogen) atoms. The van der Waals surface area contributed by atoms with Gasteiger partial charge in [0.15, 0.2) is 0 Å². The van der Waals surface area contributed by atoms with E-state index in [2.05, 4.69) is 4.72 Å². The Morgan fingerprint density at radius 3 is 2.62 bits per heavy atom. The van der Waals surface area contributed by atoms with Crippen molar-refractivity contribution in [1.82, 2.24) is 0 Å². The fourth-order valence-electron chi connectivity index (χ4n) is 2.63. The zero-order chi connectivity index (χ0) is 17.2. The monoisotopic (exact) mass is 341 g/mol. The molecular weight excluding hydrogens is 326 g/mol. The smallest absolute Gasteiger partial charge is 0.262 e. The highest BCUT2D eigenvalue weighted by atomic mass is 32.2. The number of nitrogens with one attached hydrogen (secondary N) is 1. The SMILES string of the molecule is N#Cc1cccc(S(=O)(=O)Nc2ccccc2N2CCCC2=O)c1. The minimum atomic E-state index is -3.85. The average Bonchev–Trinajstić information content (AvgIpc) is 3.01. The Balaban J connectivity index is 1.96. The van der Waals surface area contributed by atoms with Crippen LogP contribution in [-0.2, 0) is 14.8 Å². The number of hydrogen-bond donors (Lipinski definition) is 1. The van der Waals surface area contributed by atoms with Crippen LogP contribution in [0.4, 0.5) is 11.4 Å². The summed E-state index contributed by atoms with van der Waals surface area (Å²) in [5, 5.41) is 8.92. The largest absolute Gasteiger partial charge is 0.310 e. The summed E-state index contributed by atoms with van der Waals surface area (Å²) in [6.45, 7) is 0.571. The average molecular weight is 341 g/mol. The van der Waals surface area contributed by atoms with Crippen LogP contribution in [0.5, 0.6) is 0 Å². The molecule has 1 N–H and O–H groups in total. The quantitative estimate of drug-likeness (QED) is 0.925. The molecule has 7 heteroatoms. The zero-order valence-corrected chi connectivity index (χ0v) is 13.6. The molecule has 2 aromatic carbocycles. The van der Waals surface area contributed by atoms with E-state index in [4.69, 9.17) is 5.26 Å². The molecule has 3 rings (SSSR count). The van der Waals surface area contributed by atoms with E-state index in [9.17, 15) is 13.2 Å². The van der Waals surface area contributed by atoms with Crippen molar-refractivity contribution < 1.29 is 13.2 Å². The second-order valence-corrected chi connectivity index (χ2v) is 7.09. The highest BCUT2D eigenvalue weighted by molar-refractivity contribution is 7.92. The van der Waals surface area contributed by atoms with Crippen LogP contribution in [0.25, 0.3) is 0 Å². The number of anilines is 2. The molecular formula is C17H15N3O3S. The molecule has 1 fully saturated rings. The molecule has 1 aliphatic rings. The minimum Gasteiger partial charge on any atom is -0.310 e. The Bertz CT molecular complexity index is 932. The Hall–Kier alpha value is -2.85. The summed E-state index contributed by atoms with van der Waals surface area (Å²) in [6, 6.07) is 14.5. The molecule has 1 aliphatic heterocycles. The molecule has 2 aromatic rings. The van der Waals surface area contributed by atoms with Gasteiger partial charge in [0.25, 0.3) is 10.0 Å². The van der Waals surface area contributed by atoms with Crippen LogP contribution in [0, 0.1) is 11.3 Å². The summed E-state index contributed by atoms with van der Waals surface area (Å²) in [4.78, 5) is 13.5. The minimum absolute atomic E-state index is 0.00380. The molecule has 0 aromatic heterocycles. The van der Waals surface area contributed by atoms with Gasteiger partial charge in [0, 0.05) is 13.0 Å². The number of sulfonamides is 1. The number of benzene rings is 2. The van der Waals surface area contributed by atoms with Crippen molar-refractivity contribution in [2.24, 2.45) is 0 Å². The molecule has 1 saturated heterocycles. The number of amides is 1. The molecule has 6 nitrogen and oxygen atoms in total. The van der Waals surface area contributed by atoms with Gasteiger partial charge in [0.2, 0.25) is 5.91 Å². The van der Waals surface area contributed by atoms with Crippen LogP contribution >= 0.6 is 0 Å². The van der Waals surface area contributed by atoms with Gasteiger partial charge in [-0.05, 0) is 36.8 Å². The van der Waals surface area contributed by atoms with E-state index in [-0.39, 0.29) is 16.4 Å². The van der Waals surface area contributed by atoms with Crippen LogP contribution in [0.1, 0.15) is 18.4 Å². The topological polar surface area (TPSA) is 90.3 Å². The van der Waals surface area contributed by atoms with Gasteiger partial charge in [-0.15, -0.1) is 0 Å². The van der Waals surface area contributed by atoms with Gasteiger partial charge < -0.3 is 4.90 Å². The van der Waals surface area contributed by atoms with Crippen LogP contribution in [0.15, 0.2) is 53.4 Å². The summed E-state index contributed by atoms with van der Waals surface area (Å²) in [7, 11) is -3.85. The standard InChI is InChI=1S/C17H15N3O3S/c18-12-13-5-3-6-14(11-13)24(22,23)19-15-7-1-2-8-16(15)20-10-4-9-17(20)21/h1-3,5-8,11,19H,4,9-10H2. The van der Waals surface area contributed by atoms with Crippen LogP contribution in [0.2, 0.25) is 0 Å². The number of nitriles is 1. The van der Waals surface area contributed by atoms with Crippen molar-refractivity contribution >= 4 is 27.3 Å². The van der Waals surface area contributed by atoms with Gasteiger partial charge in [-0.3, -0.25) is 9.52 Å². The number of rotatable bonds is 4. The first-order chi connectivity index (χ1) is 11.5. The first-order valence-corrected chi connectivity index (χ1v) is 8.92. The molecule has 122 valence electrons. The Morgan fingerprint density at radius 2 is 1.92 bits per heavy atom. The summed E-state index contributed by atoms with van der Waals surface area (Å²) in [5.41, 5.74) is 1.15. The lowest BCUT2D eigenvalue weighted by atomic mass is 10.2. The highest BCUT2D eigenvalue weighted by Crippen LogP contribution is 2.31. The number of carbonyl (C=O) groups is 1. The first kappa shape index (κ1) is 16.0. The van der Waals surface area contributed by atoms with Crippen molar-refractivity contribution in [2.45, 2.75) is 17.7 Å². The van der Waals surface area contributed by atoms with Gasteiger partial charge in [-0.25, -0.2) is 8.42 Å². The third-order valence-electron chi connectivity index (χ3n) is 3.79. The second kappa shape index (κ2) is 6.34. The molecule has 0 aliphatic carbocycles. The Morgan fingerprint density at radius 1 is 1.12 bits per heavy atom. The predicted molar refractivity (Wildman–Crippen MR) is 90.0 cm³/mol. The number of nitrogens with zero attached hydrogens (tertiary/aromatic N) is 2. The van der Waals surface area contributed by atoms with Crippen LogP contribution in [0.3, 0.4) is 0 Å². The molecule has 0 spiro atoms. The lowest BCUT2D eigenvalue weighted by Gasteiger charge is -2.20. The lowest BCUT2D eigenvalue weighted by molar-refractivity contribution is -0.117. The van der Waals surface area contributed by atoms with Crippen molar-refractivity contribution in [3.8, 4) is 6.07 Å². The van der Waals surface area contributed by atoms with Gasteiger partial charge in [0.1, 0.15) is 0 Å². The molecule has 0 atom stereocenters. The summed E-state index contributed by atoms with van der Waals surface area (Å²) >= 11 is 0. The molecule has 1 amide bonds. The van der Waals surface area contributed by atoms with Crippen molar-refractivity contribution in [2.75, 3.05) is 16.2 Å². The molecule has 1 heterocycles. The third kappa shape index (κ3) is 3.09. The second-order valence-electron chi connectivity index (χ2n) is 5.41. The van der Waals surface area contributed by atoms with E-state index in [0.717, 1.165) is 6.42 Å². The van der Waals surface area contributed by atoms with Gasteiger partial charge in [-0.2, -0.15) is 5.26 Å². The van der Waals surface area contributed by atoms with Crippen molar-refractivity contribution in [1.29, 1.82) is 5.26 Å². The number of para-hydroxylation sites is 2. The fraction of sp³-hybridized carbons (Fsp3) is 0.176. The Kier molecular flexibility index (Phi) is 4.23. The fourth-order valence-corrected chi connectivity index (χ4v) is 3.75. The normalized spacial score (nSPS) is 14.5. The maximum absolute atomic E-state index is 12.6. The maximum Gasteiger partial charge on any atom is 0.262 e. The van der Waals surface area contributed by atoms with Gasteiger partial charge in [-0.1, -0.05) is 18.2 Å². The van der Waals surface area contributed by atoms with E-state index in [0.29, 0.717) is 24.3 Å². The van der Waals surface area contributed by atoms with E-state index in [1.807, 2.05) is 6.07 Å². The summed E-state index contributed by atoms with van der Waals surface area (Å²) in [5.74, 6) is -0.0203. The third-order valence-corrected chi connectivity index (χ3v) is 5.15. The van der Waals surface area contributed by atoms with Crippen molar-refractivity contribution in [3.63, 3.8) is 0 Å². The van der Waals surface area contributed by atoms with E-state index in [1.54, 1.807) is 29.2 Å². The van der Waals surface area contributed by atoms with Crippen LogP contribution < -0.4 is 9.62 Å². The van der Waals surface area contributed by atoms with E-state index < -0.39 is 10.0 Å². The summed E-state index contributed by atoms with van der Waals surface area (Å²) < 4.78 is 27.7.